The van der Waals surface area contributed by atoms with Gasteiger partial charge in [0.1, 0.15) is 18.1 Å². The van der Waals surface area contributed by atoms with Crippen molar-refractivity contribution in [3.8, 4) is 16.9 Å². The van der Waals surface area contributed by atoms with Crippen LogP contribution in [0.15, 0.2) is 59.8 Å². The molecule has 5 nitrogen and oxygen atoms in total. The second-order valence-corrected chi connectivity index (χ2v) is 7.20. The molecule has 0 atom stereocenters. The Hall–Kier alpha value is -3.08. The lowest BCUT2D eigenvalue weighted by Gasteiger charge is -2.15. The van der Waals surface area contributed by atoms with E-state index in [-0.39, 0.29) is 0 Å². The normalized spacial score (nSPS) is 16.2. The molecule has 1 fully saturated rings. The highest BCUT2D eigenvalue weighted by molar-refractivity contribution is 6.24. The van der Waals surface area contributed by atoms with Crippen molar-refractivity contribution in [2.75, 3.05) is 13.2 Å². The van der Waals surface area contributed by atoms with E-state index in [4.69, 9.17) is 4.74 Å². The molecule has 2 aliphatic rings. The highest BCUT2D eigenvalue weighted by atomic mass is 16.5. The summed E-state index contributed by atoms with van der Waals surface area (Å²) in [5.74, 6) is 0.748. The number of benzene rings is 2. The first-order valence-corrected chi connectivity index (χ1v) is 9.77. The Balaban J connectivity index is 1.30. The van der Waals surface area contributed by atoms with Crippen molar-refractivity contribution < 1.29 is 14.7 Å². The van der Waals surface area contributed by atoms with Crippen LogP contribution in [0.3, 0.4) is 0 Å². The van der Waals surface area contributed by atoms with Gasteiger partial charge in [0, 0.05) is 23.7 Å². The molecule has 0 spiro atoms. The summed E-state index contributed by atoms with van der Waals surface area (Å²) in [6.07, 6.45) is 9.28. The number of hydrogen-bond donors (Lipinski definition) is 1. The summed E-state index contributed by atoms with van der Waals surface area (Å²) in [6, 6.07) is 14.3. The topological polar surface area (TPSA) is 62.1 Å². The molecule has 0 radical (unpaired) electrons. The predicted molar refractivity (Wildman–Crippen MR) is 109 cm³/mol. The second kappa shape index (κ2) is 8.30. The Labute approximate surface area is 164 Å². The maximum absolute atomic E-state index is 11.0. The van der Waals surface area contributed by atoms with Crippen molar-refractivity contribution in [1.82, 2.24) is 4.90 Å². The van der Waals surface area contributed by atoms with E-state index in [0.29, 0.717) is 18.4 Å². The minimum absolute atomic E-state index is 0.483. The quantitative estimate of drug-likeness (QED) is 0.200. The van der Waals surface area contributed by atoms with E-state index in [9.17, 15) is 10.0 Å². The number of ether oxygens (including phenoxy) is 1. The first-order valence-electron chi connectivity index (χ1n) is 9.77. The lowest BCUT2D eigenvalue weighted by Crippen LogP contribution is -2.25. The number of fused-ring (bicyclic) bond motifs is 3. The number of hydrogen-bond acceptors (Lipinski definition) is 4. The molecule has 0 aliphatic heterocycles. The van der Waals surface area contributed by atoms with Crippen molar-refractivity contribution in [3.05, 3.63) is 65.7 Å². The van der Waals surface area contributed by atoms with Crippen LogP contribution in [0.5, 0.6) is 5.75 Å². The van der Waals surface area contributed by atoms with E-state index < -0.39 is 0 Å². The van der Waals surface area contributed by atoms with Crippen LogP contribution in [0.1, 0.15) is 36.8 Å². The van der Waals surface area contributed by atoms with Gasteiger partial charge < -0.3 is 14.8 Å². The third-order valence-corrected chi connectivity index (χ3v) is 5.27. The minimum atomic E-state index is 0.483. The number of carbonyl (C=O) groups excluding carboxylic acids is 1. The van der Waals surface area contributed by atoms with Crippen LogP contribution in [-0.4, -0.2) is 41.4 Å². The molecule has 1 saturated carbocycles. The SMILES string of the molecule is O=CN(CCC/C=C\COc1ccc2c(c1)/C(=N/O)c1ccccc1-2)C1CC1. The Morgan fingerprint density at radius 2 is 1.86 bits per heavy atom. The molecule has 0 aromatic heterocycles. The monoisotopic (exact) mass is 376 g/mol. The molecule has 2 aromatic carbocycles. The van der Waals surface area contributed by atoms with Crippen LogP contribution in [0.2, 0.25) is 0 Å². The Bertz CT molecular complexity index is 916. The molecule has 1 amide bonds. The van der Waals surface area contributed by atoms with Gasteiger partial charge in [0.2, 0.25) is 6.41 Å². The van der Waals surface area contributed by atoms with Gasteiger partial charge in [-0.2, -0.15) is 0 Å². The zero-order valence-electron chi connectivity index (χ0n) is 15.8. The minimum Gasteiger partial charge on any atom is -0.490 e. The highest BCUT2D eigenvalue weighted by Gasteiger charge is 2.27. The molecule has 0 bridgehead atoms. The van der Waals surface area contributed by atoms with Crippen LogP contribution in [0, 0.1) is 0 Å². The number of carbonyl (C=O) groups is 1. The van der Waals surface area contributed by atoms with Crippen molar-refractivity contribution in [2.45, 2.75) is 31.7 Å². The number of oxime groups is 1. The van der Waals surface area contributed by atoms with Crippen molar-refractivity contribution in [3.63, 3.8) is 0 Å². The Kier molecular flexibility index (Phi) is 5.42. The molecule has 4 rings (SSSR count). The number of amides is 1. The molecule has 2 aromatic rings. The fraction of sp³-hybridized carbons (Fsp3) is 0.304. The number of unbranched alkanes of at least 4 members (excludes halogenated alkanes) is 1. The van der Waals surface area contributed by atoms with Crippen LogP contribution in [-0.2, 0) is 4.79 Å². The van der Waals surface area contributed by atoms with Gasteiger partial charge in [-0.25, -0.2) is 0 Å². The summed E-state index contributed by atoms with van der Waals surface area (Å²) < 4.78 is 5.83. The van der Waals surface area contributed by atoms with Crippen LogP contribution in [0.4, 0.5) is 0 Å². The summed E-state index contributed by atoms with van der Waals surface area (Å²) in [7, 11) is 0. The average molecular weight is 376 g/mol. The molecule has 2 aliphatic carbocycles. The molecule has 144 valence electrons. The molecular weight excluding hydrogens is 352 g/mol. The van der Waals surface area contributed by atoms with E-state index in [0.717, 1.165) is 66.6 Å². The molecular formula is C23H24N2O3. The van der Waals surface area contributed by atoms with Gasteiger partial charge in [0.25, 0.3) is 0 Å². The number of allylic oxidation sites excluding steroid dienone is 1. The molecule has 0 saturated heterocycles. The maximum Gasteiger partial charge on any atom is 0.209 e. The van der Waals surface area contributed by atoms with E-state index >= 15 is 0 Å². The fourth-order valence-electron chi connectivity index (χ4n) is 3.67. The van der Waals surface area contributed by atoms with Crippen LogP contribution >= 0.6 is 0 Å². The average Bonchev–Trinajstić information content (AvgIpc) is 3.52. The zero-order chi connectivity index (χ0) is 19.3. The maximum atomic E-state index is 11.0. The van der Waals surface area contributed by atoms with Crippen LogP contribution in [0.25, 0.3) is 11.1 Å². The largest absolute Gasteiger partial charge is 0.490 e. The number of nitrogens with zero attached hydrogens (tertiary/aromatic N) is 2. The summed E-state index contributed by atoms with van der Waals surface area (Å²) in [6.45, 7) is 1.31. The van der Waals surface area contributed by atoms with Gasteiger partial charge in [-0.15, -0.1) is 0 Å². The highest BCUT2D eigenvalue weighted by Crippen LogP contribution is 2.38. The summed E-state index contributed by atoms with van der Waals surface area (Å²) in [5, 5.41) is 13.0. The zero-order valence-corrected chi connectivity index (χ0v) is 15.8. The second-order valence-electron chi connectivity index (χ2n) is 7.20. The van der Waals surface area contributed by atoms with E-state index in [1.807, 2.05) is 53.4 Å². The molecule has 5 heteroatoms. The fourth-order valence-corrected chi connectivity index (χ4v) is 3.67. The van der Waals surface area contributed by atoms with E-state index in [2.05, 4.69) is 11.2 Å². The van der Waals surface area contributed by atoms with E-state index in [1.165, 1.54) is 0 Å². The lowest BCUT2D eigenvalue weighted by atomic mass is 10.1. The third kappa shape index (κ3) is 3.79. The van der Waals surface area contributed by atoms with Crippen LogP contribution < -0.4 is 4.74 Å². The smallest absolute Gasteiger partial charge is 0.209 e. The molecule has 28 heavy (non-hydrogen) atoms. The lowest BCUT2D eigenvalue weighted by molar-refractivity contribution is -0.118. The van der Waals surface area contributed by atoms with E-state index in [1.54, 1.807) is 0 Å². The standard InChI is InChI=1S/C23H24N2O3/c26-16-25(17-9-10-17)13-5-1-2-6-14-28-18-11-12-20-19-7-3-4-8-21(19)23(24-27)22(20)15-18/h2-4,6-8,11-12,15-17,27H,1,5,9-10,13-14H2/b6-2-,24-23+. The predicted octanol–water partition coefficient (Wildman–Crippen LogP) is 4.23. The van der Waals surface area contributed by atoms with Crippen molar-refractivity contribution >= 4 is 12.1 Å². The molecule has 1 N–H and O–H groups in total. The van der Waals surface area contributed by atoms with Gasteiger partial charge in [-0.3, -0.25) is 4.79 Å². The molecule has 0 heterocycles. The first kappa shape index (κ1) is 18.3. The Morgan fingerprint density at radius 3 is 2.61 bits per heavy atom. The Morgan fingerprint density at radius 1 is 1.07 bits per heavy atom. The van der Waals surface area contributed by atoms with Gasteiger partial charge >= 0.3 is 0 Å². The third-order valence-electron chi connectivity index (χ3n) is 5.27. The van der Waals surface area contributed by atoms with Gasteiger partial charge in [-0.1, -0.05) is 41.6 Å². The van der Waals surface area contributed by atoms with Crippen molar-refractivity contribution in [1.29, 1.82) is 0 Å². The number of rotatable bonds is 9. The summed E-state index contributed by atoms with van der Waals surface area (Å²) in [5.41, 5.74) is 4.54. The summed E-state index contributed by atoms with van der Waals surface area (Å²) >= 11 is 0. The summed E-state index contributed by atoms with van der Waals surface area (Å²) in [4.78, 5) is 12.9. The first-order chi connectivity index (χ1) is 13.8. The molecule has 0 unspecified atom stereocenters. The van der Waals surface area contributed by atoms with Gasteiger partial charge in [-0.05, 0) is 55.0 Å². The van der Waals surface area contributed by atoms with Crippen molar-refractivity contribution in [2.24, 2.45) is 5.16 Å². The van der Waals surface area contributed by atoms with Gasteiger partial charge in [0.05, 0.1) is 0 Å². The van der Waals surface area contributed by atoms with Gasteiger partial charge in [0.15, 0.2) is 0 Å².